The number of hydrogen-bond acceptors (Lipinski definition) is 4. The first-order valence-corrected chi connectivity index (χ1v) is 10.1. The van der Waals surface area contributed by atoms with Gasteiger partial charge in [0.1, 0.15) is 5.02 Å². The molecule has 0 radical (unpaired) electrons. The van der Waals surface area contributed by atoms with Crippen LogP contribution in [0.4, 0.5) is 0 Å². The SMILES string of the molecule is CCCCCCCOC(=O)CCCCC(=O)Oc1c(Cl)ccc(Cl)c1Cl. The molecule has 0 atom stereocenters. The summed E-state index contributed by atoms with van der Waals surface area (Å²) in [5.74, 6) is -0.636. The fourth-order valence-corrected chi connectivity index (χ4v) is 2.87. The highest BCUT2D eigenvalue weighted by Gasteiger charge is 2.15. The van der Waals surface area contributed by atoms with Crippen LogP contribution in [0.25, 0.3) is 0 Å². The number of rotatable bonds is 12. The molecule has 0 fully saturated rings. The highest BCUT2D eigenvalue weighted by molar-refractivity contribution is 6.44. The number of unbranched alkanes of at least 4 members (excludes halogenated alkanes) is 5. The number of ether oxygens (including phenoxy) is 2. The normalized spacial score (nSPS) is 10.6. The summed E-state index contributed by atoms with van der Waals surface area (Å²) in [5, 5.41) is 0.585. The van der Waals surface area contributed by atoms with Crippen LogP contribution in [0.3, 0.4) is 0 Å². The molecule has 4 nitrogen and oxygen atoms in total. The molecule has 1 aromatic rings. The Morgan fingerprint density at radius 1 is 0.846 bits per heavy atom. The Morgan fingerprint density at radius 3 is 2.15 bits per heavy atom. The Kier molecular flexibility index (Phi) is 11.7. The van der Waals surface area contributed by atoms with Crippen molar-refractivity contribution in [3.05, 3.63) is 27.2 Å². The third-order valence-corrected chi connectivity index (χ3v) is 4.83. The number of carbonyl (C=O) groups excluding carboxylic acids is 2. The van der Waals surface area contributed by atoms with Gasteiger partial charge in [-0.3, -0.25) is 9.59 Å². The second kappa shape index (κ2) is 13.2. The maximum atomic E-state index is 11.9. The third-order valence-electron chi connectivity index (χ3n) is 3.74. The van der Waals surface area contributed by atoms with E-state index in [1.807, 2.05) is 0 Å². The van der Waals surface area contributed by atoms with Crippen LogP contribution in [0.2, 0.25) is 15.1 Å². The highest BCUT2D eigenvalue weighted by atomic mass is 35.5. The molecule has 1 rings (SSSR count). The summed E-state index contributed by atoms with van der Waals surface area (Å²) in [6.45, 7) is 2.63. The molecule has 0 aliphatic carbocycles. The molecule has 1 aromatic carbocycles. The van der Waals surface area contributed by atoms with Crippen LogP contribution in [-0.2, 0) is 14.3 Å². The van der Waals surface area contributed by atoms with Crippen molar-refractivity contribution in [1.29, 1.82) is 0 Å². The van der Waals surface area contributed by atoms with Crippen molar-refractivity contribution < 1.29 is 19.1 Å². The van der Waals surface area contributed by atoms with Crippen LogP contribution in [0, 0.1) is 0 Å². The van der Waals surface area contributed by atoms with Crippen molar-refractivity contribution >= 4 is 46.7 Å². The predicted octanol–water partition coefficient (Wildman–Crippen LogP) is 6.63. The van der Waals surface area contributed by atoms with Gasteiger partial charge >= 0.3 is 11.9 Å². The second-order valence-corrected chi connectivity index (χ2v) is 7.18. The fraction of sp³-hybridized carbons (Fsp3) is 0.579. The number of halogens is 3. The summed E-state index contributed by atoms with van der Waals surface area (Å²) in [4.78, 5) is 23.5. The predicted molar refractivity (Wildman–Crippen MR) is 105 cm³/mol. The van der Waals surface area contributed by atoms with E-state index in [0.717, 1.165) is 12.8 Å². The van der Waals surface area contributed by atoms with Gasteiger partial charge in [0, 0.05) is 12.8 Å². The van der Waals surface area contributed by atoms with Crippen molar-refractivity contribution in [1.82, 2.24) is 0 Å². The molecule has 146 valence electrons. The van der Waals surface area contributed by atoms with Gasteiger partial charge in [-0.05, 0) is 31.4 Å². The van der Waals surface area contributed by atoms with Crippen molar-refractivity contribution in [2.24, 2.45) is 0 Å². The van der Waals surface area contributed by atoms with E-state index in [9.17, 15) is 9.59 Å². The summed E-state index contributed by atoms with van der Waals surface area (Å²) >= 11 is 17.8. The molecule has 0 aliphatic rings. The van der Waals surface area contributed by atoms with E-state index < -0.39 is 5.97 Å². The van der Waals surface area contributed by atoms with Crippen LogP contribution in [0.15, 0.2) is 12.1 Å². The lowest BCUT2D eigenvalue weighted by molar-refractivity contribution is -0.144. The minimum Gasteiger partial charge on any atom is -0.466 e. The van der Waals surface area contributed by atoms with E-state index in [-0.39, 0.29) is 33.2 Å². The standard InChI is InChI=1S/C19H25Cl3O4/c1-2-3-4-5-8-13-25-16(23)9-6-7-10-17(24)26-19-15(21)12-11-14(20)18(19)22/h11-12H,2-10,13H2,1H3. The van der Waals surface area contributed by atoms with Crippen molar-refractivity contribution in [2.45, 2.75) is 64.7 Å². The van der Waals surface area contributed by atoms with Crippen LogP contribution < -0.4 is 4.74 Å². The number of hydrogen-bond donors (Lipinski definition) is 0. The monoisotopic (exact) mass is 422 g/mol. The van der Waals surface area contributed by atoms with Crippen LogP contribution in [0.5, 0.6) is 5.75 Å². The Balaban J connectivity index is 2.17. The molecule has 0 spiro atoms. The maximum Gasteiger partial charge on any atom is 0.311 e. The molecule has 0 N–H and O–H groups in total. The molecular formula is C19H25Cl3O4. The van der Waals surface area contributed by atoms with Gasteiger partial charge < -0.3 is 9.47 Å². The maximum absolute atomic E-state index is 11.9. The quantitative estimate of drug-likeness (QED) is 0.164. The lowest BCUT2D eigenvalue weighted by Crippen LogP contribution is -2.09. The second-order valence-electron chi connectivity index (χ2n) is 5.99. The summed E-state index contributed by atoms with van der Waals surface area (Å²) in [5.41, 5.74) is 0. The van der Waals surface area contributed by atoms with Gasteiger partial charge in [0.25, 0.3) is 0 Å². The minimum absolute atomic E-state index is 0.0633. The van der Waals surface area contributed by atoms with E-state index in [1.165, 1.54) is 31.4 Å². The molecule has 0 amide bonds. The van der Waals surface area contributed by atoms with Crippen LogP contribution >= 0.6 is 34.8 Å². The number of benzene rings is 1. The van der Waals surface area contributed by atoms with Gasteiger partial charge in [-0.2, -0.15) is 0 Å². The molecule has 0 bridgehead atoms. The first-order valence-electron chi connectivity index (χ1n) is 8.95. The molecule has 0 heterocycles. The first kappa shape index (κ1) is 23.1. The van der Waals surface area contributed by atoms with Gasteiger partial charge in [-0.25, -0.2) is 0 Å². The third kappa shape index (κ3) is 9.11. The molecule has 0 saturated carbocycles. The Hall–Kier alpha value is -0.970. The summed E-state index contributed by atoms with van der Waals surface area (Å²) in [7, 11) is 0. The first-order chi connectivity index (χ1) is 12.5. The van der Waals surface area contributed by atoms with Crippen molar-refractivity contribution in [3.8, 4) is 5.75 Å². The van der Waals surface area contributed by atoms with Gasteiger partial charge in [-0.1, -0.05) is 67.4 Å². The van der Waals surface area contributed by atoms with Gasteiger partial charge in [0.15, 0.2) is 5.75 Å². The summed E-state index contributed by atoms with van der Waals surface area (Å²) < 4.78 is 10.3. The van der Waals surface area contributed by atoms with Crippen molar-refractivity contribution in [3.63, 3.8) is 0 Å². The van der Waals surface area contributed by atoms with Gasteiger partial charge in [0.2, 0.25) is 0 Å². The topological polar surface area (TPSA) is 52.6 Å². The van der Waals surface area contributed by atoms with E-state index in [0.29, 0.717) is 25.9 Å². The highest BCUT2D eigenvalue weighted by Crippen LogP contribution is 2.38. The van der Waals surface area contributed by atoms with Crippen molar-refractivity contribution in [2.75, 3.05) is 6.61 Å². The fourth-order valence-electron chi connectivity index (χ4n) is 2.27. The van der Waals surface area contributed by atoms with E-state index in [1.54, 1.807) is 0 Å². The molecule has 0 saturated heterocycles. The number of carbonyl (C=O) groups is 2. The molecule has 7 heteroatoms. The van der Waals surface area contributed by atoms with Crippen LogP contribution in [-0.4, -0.2) is 18.5 Å². The molecule has 26 heavy (non-hydrogen) atoms. The zero-order chi connectivity index (χ0) is 19.4. The zero-order valence-electron chi connectivity index (χ0n) is 15.0. The summed E-state index contributed by atoms with van der Waals surface area (Å²) in [6.07, 6.45) is 7.09. The van der Waals surface area contributed by atoms with E-state index in [2.05, 4.69) is 6.92 Å². The molecule has 0 aliphatic heterocycles. The van der Waals surface area contributed by atoms with Gasteiger partial charge in [-0.15, -0.1) is 0 Å². The lowest BCUT2D eigenvalue weighted by Gasteiger charge is -2.09. The smallest absolute Gasteiger partial charge is 0.311 e. The minimum atomic E-state index is -0.472. The molecule has 0 unspecified atom stereocenters. The largest absolute Gasteiger partial charge is 0.466 e. The van der Waals surface area contributed by atoms with E-state index >= 15 is 0 Å². The average Bonchev–Trinajstić information content (AvgIpc) is 2.62. The zero-order valence-corrected chi connectivity index (χ0v) is 17.3. The van der Waals surface area contributed by atoms with Gasteiger partial charge in [0.05, 0.1) is 16.7 Å². The summed E-state index contributed by atoms with van der Waals surface area (Å²) in [6, 6.07) is 3.04. The van der Waals surface area contributed by atoms with Crippen LogP contribution in [0.1, 0.15) is 64.7 Å². The Morgan fingerprint density at radius 2 is 1.46 bits per heavy atom. The number of esters is 2. The Bertz CT molecular complexity index is 590. The Labute approximate surface area is 170 Å². The average molecular weight is 424 g/mol. The van der Waals surface area contributed by atoms with E-state index in [4.69, 9.17) is 44.3 Å². The molecular weight excluding hydrogens is 399 g/mol. The lowest BCUT2D eigenvalue weighted by atomic mass is 10.2. The molecule has 0 aromatic heterocycles.